The molecule has 0 aromatic heterocycles. The van der Waals surface area contributed by atoms with Crippen molar-refractivity contribution >= 4 is 23.3 Å². The van der Waals surface area contributed by atoms with Gasteiger partial charge in [-0.25, -0.2) is 0 Å². The molecule has 1 unspecified atom stereocenters. The van der Waals surface area contributed by atoms with Crippen molar-refractivity contribution in [2.75, 3.05) is 5.73 Å². The molecule has 0 aliphatic carbocycles. The molecule has 2 rings (SSSR count). The van der Waals surface area contributed by atoms with Gasteiger partial charge in [0.1, 0.15) is 0 Å². The zero-order valence-electron chi connectivity index (χ0n) is 9.51. The molecule has 3 N–H and O–H groups in total. The van der Waals surface area contributed by atoms with Gasteiger partial charge in [-0.05, 0) is 28.8 Å². The summed E-state index contributed by atoms with van der Waals surface area (Å²) in [4.78, 5) is 10.7. The zero-order valence-corrected chi connectivity index (χ0v) is 10.3. The summed E-state index contributed by atoms with van der Waals surface area (Å²) >= 11 is 5.74. The Bertz CT molecular complexity index is 549. The molecule has 0 amide bonds. The highest BCUT2D eigenvalue weighted by Gasteiger charge is 2.15. The smallest absolute Gasteiger partial charge is 0.326 e. The van der Waals surface area contributed by atoms with Crippen molar-refractivity contribution in [3.8, 4) is 11.1 Å². The van der Waals surface area contributed by atoms with Crippen LogP contribution in [-0.4, -0.2) is 11.1 Å². The van der Waals surface area contributed by atoms with Gasteiger partial charge in [0, 0.05) is 5.69 Å². The quantitative estimate of drug-likeness (QED) is 0.658. The van der Waals surface area contributed by atoms with Crippen LogP contribution in [0.2, 0.25) is 0 Å². The van der Waals surface area contributed by atoms with Crippen LogP contribution in [0.1, 0.15) is 10.9 Å². The standard InChI is InChI=1S/C14H12ClNO2/c15-13(14(17)18)11-3-1-9(2-4-11)10-5-7-12(16)8-6-10/h1-8,13H,16H2,(H,17,18). The number of rotatable bonds is 3. The number of carboxylic acid groups (broad SMARTS) is 1. The van der Waals surface area contributed by atoms with E-state index in [-0.39, 0.29) is 0 Å². The van der Waals surface area contributed by atoms with E-state index in [0.717, 1.165) is 11.1 Å². The van der Waals surface area contributed by atoms with Crippen molar-refractivity contribution in [3.63, 3.8) is 0 Å². The van der Waals surface area contributed by atoms with Crippen molar-refractivity contribution in [2.45, 2.75) is 5.38 Å². The van der Waals surface area contributed by atoms with E-state index in [0.29, 0.717) is 11.3 Å². The number of carbonyl (C=O) groups is 1. The summed E-state index contributed by atoms with van der Waals surface area (Å²) in [6.45, 7) is 0. The van der Waals surface area contributed by atoms with E-state index in [1.165, 1.54) is 0 Å². The lowest BCUT2D eigenvalue weighted by molar-refractivity contribution is -0.136. The average molecular weight is 262 g/mol. The van der Waals surface area contributed by atoms with Gasteiger partial charge in [0.2, 0.25) is 0 Å². The molecule has 0 heterocycles. The first-order valence-electron chi connectivity index (χ1n) is 5.40. The van der Waals surface area contributed by atoms with Crippen molar-refractivity contribution in [1.82, 2.24) is 0 Å². The average Bonchev–Trinajstić information content (AvgIpc) is 2.39. The fourth-order valence-electron chi connectivity index (χ4n) is 1.66. The molecule has 0 saturated heterocycles. The number of carboxylic acids is 1. The van der Waals surface area contributed by atoms with E-state index in [9.17, 15) is 4.79 Å². The van der Waals surface area contributed by atoms with Crippen LogP contribution in [0, 0.1) is 0 Å². The minimum atomic E-state index is -1.04. The Labute approximate surface area is 110 Å². The third-order valence-electron chi connectivity index (χ3n) is 2.66. The molecular formula is C14H12ClNO2. The van der Waals surface area contributed by atoms with E-state index < -0.39 is 11.3 Å². The summed E-state index contributed by atoms with van der Waals surface area (Å²) in [7, 11) is 0. The van der Waals surface area contributed by atoms with Gasteiger partial charge in [-0.15, -0.1) is 11.6 Å². The summed E-state index contributed by atoms with van der Waals surface area (Å²) in [5.74, 6) is -1.04. The number of alkyl halides is 1. The molecule has 1 atom stereocenters. The zero-order chi connectivity index (χ0) is 13.1. The van der Waals surface area contributed by atoms with Crippen molar-refractivity contribution in [3.05, 3.63) is 54.1 Å². The maximum atomic E-state index is 10.7. The number of anilines is 1. The Balaban J connectivity index is 2.27. The van der Waals surface area contributed by atoms with Crippen LogP contribution in [0.25, 0.3) is 11.1 Å². The van der Waals surface area contributed by atoms with Crippen LogP contribution in [0.3, 0.4) is 0 Å². The molecule has 0 aliphatic heterocycles. The Morgan fingerprint density at radius 3 is 1.89 bits per heavy atom. The summed E-state index contributed by atoms with van der Waals surface area (Å²) in [5.41, 5.74) is 8.92. The Kier molecular flexibility index (Phi) is 3.53. The van der Waals surface area contributed by atoms with Crippen LogP contribution >= 0.6 is 11.6 Å². The van der Waals surface area contributed by atoms with Gasteiger partial charge in [-0.3, -0.25) is 4.79 Å². The predicted molar refractivity (Wildman–Crippen MR) is 72.5 cm³/mol. The molecule has 0 bridgehead atoms. The third-order valence-corrected chi connectivity index (χ3v) is 3.10. The van der Waals surface area contributed by atoms with Crippen molar-refractivity contribution in [1.29, 1.82) is 0 Å². The van der Waals surface area contributed by atoms with E-state index in [1.54, 1.807) is 12.1 Å². The van der Waals surface area contributed by atoms with Gasteiger partial charge in [-0.2, -0.15) is 0 Å². The number of halogens is 1. The van der Waals surface area contributed by atoms with Gasteiger partial charge < -0.3 is 10.8 Å². The van der Waals surface area contributed by atoms with Gasteiger partial charge in [0.15, 0.2) is 5.38 Å². The van der Waals surface area contributed by atoms with E-state index in [4.69, 9.17) is 22.4 Å². The highest BCUT2D eigenvalue weighted by atomic mass is 35.5. The first kappa shape index (κ1) is 12.5. The lowest BCUT2D eigenvalue weighted by Crippen LogP contribution is -2.04. The molecule has 4 heteroatoms. The second-order valence-electron chi connectivity index (χ2n) is 3.94. The minimum Gasteiger partial charge on any atom is -0.480 e. The molecule has 0 saturated carbocycles. The molecule has 2 aromatic rings. The molecule has 18 heavy (non-hydrogen) atoms. The highest BCUT2D eigenvalue weighted by Crippen LogP contribution is 2.25. The first-order valence-corrected chi connectivity index (χ1v) is 5.84. The van der Waals surface area contributed by atoms with Crippen LogP contribution < -0.4 is 5.73 Å². The van der Waals surface area contributed by atoms with Crippen molar-refractivity contribution < 1.29 is 9.90 Å². The van der Waals surface area contributed by atoms with Crippen LogP contribution in [-0.2, 0) is 4.79 Å². The molecular weight excluding hydrogens is 250 g/mol. The van der Waals surface area contributed by atoms with Crippen LogP contribution in [0.5, 0.6) is 0 Å². The first-order chi connectivity index (χ1) is 8.58. The maximum absolute atomic E-state index is 10.7. The lowest BCUT2D eigenvalue weighted by atomic mass is 10.0. The van der Waals surface area contributed by atoms with E-state index >= 15 is 0 Å². The predicted octanol–water partition coefficient (Wildman–Crippen LogP) is 3.30. The molecule has 92 valence electrons. The van der Waals surface area contributed by atoms with Crippen LogP contribution in [0.15, 0.2) is 48.5 Å². The maximum Gasteiger partial charge on any atom is 0.326 e. The number of hydrogen-bond donors (Lipinski definition) is 2. The minimum absolute atomic E-state index is 0.573. The SMILES string of the molecule is Nc1ccc(-c2ccc(C(Cl)C(=O)O)cc2)cc1. The number of nitrogen functional groups attached to an aromatic ring is 1. The third kappa shape index (κ3) is 2.63. The Morgan fingerprint density at radius 1 is 1.00 bits per heavy atom. The Hall–Kier alpha value is -2.00. The molecule has 3 nitrogen and oxygen atoms in total. The fraction of sp³-hybridized carbons (Fsp3) is 0.0714. The lowest BCUT2D eigenvalue weighted by Gasteiger charge is -2.06. The highest BCUT2D eigenvalue weighted by molar-refractivity contribution is 6.29. The molecule has 0 fully saturated rings. The number of hydrogen-bond acceptors (Lipinski definition) is 2. The van der Waals surface area contributed by atoms with E-state index in [1.807, 2.05) is 36.4 Å². The topological polar surface area (TPSA) is 63.3 Å². The number of aliphatic carboxylic acids is 1. The molecule has 0 aliphatic rings. The summed E-state index contributed by atoms with van der Waals surface area (Å²) in [6.07, 6.45) is 0. The largest absolute Gasteiger partial charge is 0.480 e. The van der Waals surface area contributed by atoms with Gasteiger partial charge in [0.25, 0.3) is 0 Å². The number of nitrogens with two attached hydrogens (primary N) is 1. The molecule has 0 spiro atoms. The second kappa shape index (κ2) is 5.10. The Morgan fingerprint density at radius 2 is 1.44 bits per heavy atom. The normalized spacial score (nSPS) is 12.1. The summed E-state index contributed by atoms with van der Waals surface area (Å²) in [5, 5.41) is 7.80. The van der Waals surface area contributed by atoms with Gasteiger partial charge in [0.05, 0.1) is 0 Å². The number of benzene rings is 2. The van der Waals surface area contributed by atoms with Crippen LogP contribution in [0.4, 0.5) is 5.69 Å². The molecule has 2 aromatic carbocycles. The van der Waals surface area contributed by atoms with Gasteiger partial charge in [-0.1, -0.05) is 36.4 Å². The van der Waals surface area contributed by atoms with E-state index in [2.05, 4.69) is 0 Å². The molecule has 0 radical (unpaired) electrons. The summed E-state index contributed by atoms with van der Waals surface area (Å²) < 4.78 is 0. The fourth-order valence-corrected chi connectivity index (χ4v) is 1.81. The monoisotopic (exact) mass is 261 g/mol. The van der Waals surface area contributed by atoms with Crippen molar-refractivity contribution in [2.24, 2.45) is 0 Å². The van der Waals surface area contributed by atoms with Gasteiger partial charge >= 0.3 is 5.97 Å². The second-order valence-corrected chi connectivity index (χ2v) is 4.38. The summed E-state index contributed by atoms with van der Waals surface area (Å²) in [6, 6.07) is 14.6.